The highest BCUT2D eigenvalue weighted by Gasteiger charge is 2.43. The Labute approximate surface area is 561 Å². The zero-order chi connectivity index (χ0) is 69.7. The third-order valence-corrected chi connectivity index (χ3v) is 18.0. The topological polar surface area (TPSA) is 341 Å². The average Bonchev–Trinajstić information content (AvgIpc) is 1.31. The molecule has 1 saturated carbocycles. The van der Waals surface area contributed by atoms with Crippen molar-refractivity contribution in [1.29, 1.82) is 0 Å². The number of hydrogen-bond donors (Lipinski definition) is 9. The van der Waals surface area contributed by atoms with E-state index in [2.05, 4.69) is 42.5 Å². The van der Waals surface area contributed by atoms with E-state index in [1.807, 2.05) is 52.0 Å². The van der Waals surface area contributed by atoms with E-state index >= 15 is 0 Å². The van der Waals surface area contributed by atoms with Gasteiger partial charge in [0.05, 0.1) is 17.5 Å². The van der Waals surface area contributed by atoms with E-state index in [-0.39, 0.29) is 106 Å². The monoisotopic (exact) mass is 1330 g/mol. The van der Waals surface area contributed by atoms with Crippen molar-refractivity contribution in [2.45, 2.75) is 188 Å². The van der Waals surface area contributed by atoms with Gasteiger partial charge in [0.2, 0.25) is 35.4 Å². The number of halogens is 1. The van der Waals surface area contributed by atoms with E-state index in [1.165, 1.54) is 25.3 Å². The summed E-state index contributed by atoms with van der Waals surface area (Å²) < 4.78 is 17.2. The number of rotatable bonds is 27. The average molecular weight is 1340 g/mol. The zero-order valence-electron chi connectivity index (χ0n) is 56.2. The first-order chi connectivity index (χ1) is 44.9. The quantitative estimate of drug-likeness (QED) is 0.0203. The fourth-order valence-electron chi connectivity index (χ4n) is 11.5. The number of carbonyl (C=O) groups excluding carboxylic acids is 11. The number of amides is 11. The number of benzene rings is 3. The first-order valence-electron chi connectivity index (χ1n) is 32.6. The molecule has 0 saturated heterocycles. The summed E-state index contributed by atoms with van der Waals surface area (Å²) in [5.41, 5.74) is 7.18. The van der Waals surface area contributed by atoms with Crippen molar-refractivity contribution in [3.8, 4) is 5.75 Å². The number of imide groups is 1. The fraction of sp³-hybridized carbons (Fsp3) is 0.529. The van der Waals surface area contributed by atoms with Crippen molar-refractivity contribution in [1.82, 2.24) is 42.1 Å². The maximum absolute atomic E-state index is 14.4. The molecule has 11 amide bonds. The van der Waals surface area contributed by atoms with Crippen LogP contribution in [0.15, 0.2) is 91.0 Å². The number of urea groups is 1. The van der Waals surface area contributed by atoms with Crippen LogP contribution >= 0.6 is 11.6 Å². The minimum atomic E-state index is -1.21. The summed E-state index contributed by atoms with van der Waals surface area (Å²) in [6.45, 7) is 17.0. The zero-order valence-corrected chi connectivity index (χ0v) is 56.9. The van der Waals surface area contributed by atoms with Crippen molar-refractivity contribution in [2.75, 3.05) is 25.5 Å². The molecule has 10 N–H and O–H groups in total. The number of esters is 1. The van der Waals surface area contributed by atoms with Gasteiger partial charge in [0.15, 0.2) is 0 Å². The molecule has 1 fully saturated rings. The van der Waals surface area contributed by atoms with Gasteiger partial charge in [-0.2, -0.15) is 0 Å². The smallest absolute Gasteiger partial charge is 0.407 e. The number of primary amides is 1. The van der Waals surface area contributed by atoms with Crippen molar-refractivity contribution in [3.63, 3.8) is 0 Å². The number of alkyl carbamates (subject to hydrolysis) is 1. The Morgan fingerprint density at radius 2 is 1.46 bits per heavy atom. The molecule has 25 heteroatoms. The van der Waals surface area contributed by atoms with E-state index in [9.17, 15) is 52.7 Å². The number of anilines is 1. The Balaban J connectivity index is 1.03. The molecule has 24 nitrogen and oxygen atoms in total. The number of ether oxygens (including phenoxy) is 3. The largest absolute Gasteiger partial charge is 0.495 e. The minimum absolute atomic E-state index is 0.0755. The first kappa shape index (κ1) is 75.2. The second-order valence-electron chi connectivity index (χ2n) is 26.9. The second-order valence-corrected chi connectivity index (χ2v) is 27.3. The highest BCUT2D eigenvalue weighted by molar-refractivity contribution is 6.32. The third-order valence-electron chi connectivity index (χ3n) is 17.7. The Morgan fingerprint density at radius 1 is 0.789 bits per heavy atom. The van der Waals surface area contributed by atoms with E-state index in [0.717, 1.165) is 28.9 Å². The number of nitrogens with one attached hydrogen (secondary N) is 8. The van der Waals surface area contributed by atoms with Gasteiger partial charge in [0.25, 0.3) is 11.8 Å². The molecule has 3 aliphatic rings. The number of nitrogens with zero attached hydrogens (tertiary/aromatic N) is 1. The SMILES string of the molecule is COc1ccc(C[C@H]2NC(=O)/C=C/C[C@@H]([C@H](C)[C@H]3CC[C@@H]3c3ccc(CNC(=O)OCc4ccc(NC(=O)C(CCCNC(N)=O)NC(=O)[C@@H](NC(=O)CCCCCN5C(=O)C=CC5=O)C(C)C)cc4)cc3)OC(=O)[C@H](CC(C)(C)C)NC(=O)C(C)(C)[C@H](C)NC2=O)cc1Cl. The Hall–Kier alpha value is -8.80. The lowest BCUT2D eigenvalue weighted by atomic mass is 9.63. The maximum Gasteiger partial charge on any atom is 0.407 e. The van der Waals surface area contributed by atoms with Gasteiger partial charge < -0.3 is 62.5 Å². The number of cyclic esters (lactones) is 1. The summed E-state index contributed by atoms with van der Waals surface area (Å²) in [5, 5.41) is 22.7. The molecule has 6 rings (SSSR count). The number of methoxy groups -OCH3 is 1. The van der Waals surface area contributed by atoms with Crippen molar-refractivity contribution in [2.24, 2.45) is 34.3 Å². The number of hydrogen-bond acceptors (Lipinski definition) is 14. The summed E-state index contributed by atoms with van der Waals surface area (Å²) in [6.07, 6.45) is 8.37. The Kier molecular flexibility index (Phi) is 27.8. The normalized spacial score (nSPS) is 21.3. The molecule has 0 radical (unpaired) electrons. The summed E-state index contributed by atoms with van der Waals surface area (Å²) in [4.78, 5) is 146. The lowest BCUT2D eigenvalue weighted by Crippen LogP contribution is -2.58. The van der Waals surface area contributed by atoms with Gasteiger partial charge in [-0.3, -0.25) is 43.3 Å². The van der Waals surface area contributed by atoms with Crippen molar-refractivity contribution < 1.29 is 67.0 Å². The second kappa shape index (κ2) is 35.1. The van der Waals surface area contributed by atoms with E-state index in [0.29, 0.717) is 46.8 Å². The van der Waals surface area contributed by atoms with Gasteiger partial charge >= 0.3 is 18.1 Å². The van der Waals surface area contributed by atoms with Gasteiger partial charge in [-0.25, -0.2) is 14.4 Å². The lowest BCUT2D eigenvalue weighted by molar-refractivity contribution is -0.159. The van der Waals surface area contributed by atoms with E-state index < -0.39 is 94.8 Å². The first-order valence-corrected chi connectivity index (χ1v) is 33.0. The molecule has 95 heavy (non-hydrogen) atoms. The van der Waals surface area contributed by atoms with Crippen LogP contribution in [-0.4, -0.2) is 127 Å². The van der Waals surface area contributed by atoms with Gasteiger partial charge in [-0.15, -0.1) is 0 Å². The third kappa shape index (κ3) is 23.0. The predicted octanol–water partition coefficient (Wildman–Crippen LogP) is 7.45. The van der Waals surface area contributed by atoms with Gasteiger partial charge in [0.1, 0.15) is 42.6 Å². The molecule has 1 aliphatic carbocycles. The van der Waals surface area contributed by atoms with E-state index in [1.54, 1.807) is 83.2 Å². The molecular weight excluding hydrogens is 1240 g/mol. The highest BCUT2D eigenvalue weighted by atomic mass is 35.5. The number of nitrogens with two attached hydrogens (primary N) is 1. The predicted molar refractivity (Wildman–Crippen MR) is 358 cm³/mol. The fourth-order valence-corrected chi connectivity index (χ4v) is 11.8. The van der Waals surface area contributed by atoms with Crippen molar-refractivity contribution in [3.05, 3.63) is 118 Å². The Bertz CT molecular complexity index is 3270. The molecule has 516 valence electrons. The summed E-state index contributed by atoms with van der Waals surface area (Å²) in [5.74, 6) is -4.26. The number of carbonyl (C=O) groups is 11. The summed E-state index contributed by atoms with van der Waals surface area (Å²) >= 11 is 6.44. The van der Waals surface area contributed by atoms with Crippen molar-refractivity contribution >= 4 is 82.6 Å². The molecule has 2 heterocycles. The van der Waals surface area contributed by atoms with Crippen LogP contribution in [0.4, 0.5) is 15.3 Å². The highest BCUT2D eigenvalue weighted by Crippen LogP contribution is 2.48. The number of unbranched alkanes of at least 4 members (excludes halogenated alkanes) is 2. The van der Waals surface area contributed by atoms with Crippen LogP contribution in [0.3, 0.4) is 0 Å². The molecule has 3 aromatic rings. The molecule has 1 unspecified atom stereocenters. The van der Waals surface area contributed by atoms with Crippen LogP contribution < -0.4 is 53.0 Å². The van der Waals surface area contributed by atoms with E-state index in [4.69, 9.17) is 31.5 Å². The molecular formula is C70H95ClN10O14. The summed E-state index contributed by atoms with van der Waals surface area (Å²) in [6, 6.07) is 14.0. The molecule has 2 aliphatic heterocycles. The molecule has 0 spiro atoms. The maximum atomic E-state index is 14.4. The minimum Gasteiger partial charge on any atom is -0.495 e. The Morgan fingerprint density at radius 3 is 2.08 bits per heavy atom. The van der Waals surface area contributed by atoms with Crippen LogP contribution in [0.2, 0.25) is 5.02 Å². The van der Waals surface area contributed by atoms with Gasteiger partial charge in [-0.1, -0.05) is 108 Å². The molecule has 9 atom stereocenters. The van der Waals surface area contributed by atoms with Crippen LogP contribution in [0.1, 0.15) is 155 Å². The molecule has 0 bridgehead atoms. The molecule has 0 aromatic heterocycles. The van der Waals surface area contributed by atoms with Gasteiger partial charge in [-0.05, 0) is 147 Å². The van der Waals surface area contributed by atoms with Crippen LogP contribution in [0, 0.1) is 28.6 Å². The van der Waals surface area contributed by atoms with Gasteiger partial charge in [0, 0.05) is 62.8 Å². The van der Waals surface area contributed by atoms with Crippen LogP contribution in [0.25, 0.3) is 0 Å². The molecule has 3 aromatic carbocycles. The van der Waals surface area contributed by atoms with Crippen LogP contribution in [0.5, 0.6) is 5.75 Å². The summed E-state index contributed by atoms with van der Waals surface area (Å²) in [7, 11) is 1.50. The lowest BCUT2D eigenvalue weighted by Gasteiger charge is -2.44. The standard InChI is InChI=1S/C70H95ClN10O14/c1-41(2)61(80-58(83)18-12-11-13-35-81-59(84)32-33-60(81)85)64(88)78-52(16-15-34-73-67(72)91)62(86)76-48-27-22-45(23-28-48)40-94-68(92)74-39-44-20-25-47(26-21-44)50-30-29-49(50)42(3)55-17-14-19-57(82)77-53(37-46-24-31-56(93-10)51(71)36-46)63(87)75-43(4)70(8,9)66(90)79-54(65(89)95-55)38-69(5,6)7/h14,19-28,31-33,36,41-43,49-50,52-55,61H,11-13,15-18,29-30,34-35,37-40H2,1-10H3,(H,74,92)(H,75,87)(H,76,86)(H,77,82)(H,78,88)(H,79,90)(H,80,83)(H3,72,73,91)/b19-14+/t42-,43+,49-,50-,52?,53-,54+,55+,61+/m1/s1. The van der Waals surface area contributed by atoms with Crippen LogP contribution in [-0.2, 0) is 72.2 Å².